The molecule has 2 heterocycles. The lowest BCUT2D eigenvalue weighted by Gasteiger charge is -2.25. The van der Waals surface area contributed by atoms with E-state index in [0.29, 0.717) is 13.2 Å². The quantitative estimate of drug-likeness (QED) is 0.811. The largest absolute Gasteiger partial charge is 0.454 e. The van der Waals surface area contributed by atoms with Crippen molar-refractivity contribution in [1.82, 2.24) is 4.90 Å². The van der Waals surface area contributed by atoms with Gasteiger partial charge in [-0.3, -0.25) is 4.79 Å². The fourth-order valence-electron chi connectivity index (χ4n) is 2.91. The van der Waals surface area contributed by atoms with E-state index in [2.05, 4.69) is 6.92 Å². The highest BCUT2D eigenvalue weighted by Crippen LogP contribution is 2.36. The molecule has 1 atom stereocenters. The van der Waals surface area contributed by atoms with Crippen LogP contribution in [0.4, 0.5) is 0 Å². The number of carbonyl (C=O) groups excluding carboxylic acids is 1. The van der Waals surface area contributed by atoms with Crippen LogP contribution < -0.4 is 9.47 Å². The second-order valence-electron chi connectivity index (χ2n) is 5.77. The molecular formula is C17H23NO4. The van der Waals surface area contributed by atoms with E-state index in [1.165, 1.54) is 0 Å². The van der Waals surface area contributed by atoms with Crippen LogP contribution in [0.5, 0.6) is 11.5 Å². The molecule has 0 N–H and O–H groups in total. The number of rotatable bonds is 6. The first-order valence-electron chi connectivity index (χ1n) is 8.07. The predicted molar refractivity (Wildman–Crippen MR) is 81.9 cm³/mol. The number of hydrogen-bond acceptors (Lipinski definition) is 4. The average molecular weight is 305 g/mol. The summed E-state index contributed by atoms with van der Waals surface area (Å²) in [6.07, 6.45) is 3.57. The Morgan fingerprint density at radius 3 is 3.05 bits per heavy atom. The molecule has 2 aliphatic rings. The number of amides is 1. The number of ether oxygens (including phenoxy) is 3. The summed E-state index contributed by atoms with van der Waals surface area (Å²) in [6.45, 7) is 4.37. The molecule has 0 aromatic heterocycles. The van der Waals surface area contributed by atoms with Gasteiger partial charge >= 0.3 is 0 Å². The van der Waals surface area contributed by atoms with E-state index in [1.54, 1.807) is 0 Å². The third kappa shape index (κ3) is 3.19. The summed E-state index contributed by atoms with van der Waals surface area (Å²) in [7, 11) is 0. The number of unbranched alkanes of at least 4 members (excludes halogenated alkanes) is 1. The van der Waals surface area contributed by atoms with Crippen LogP contribution >= 0.6 is 0 Å². The summed E-state index contributed by atoms with van der Waals surface area (Å²) in [5, 5.41) is 0. The smallest absolute Gasteiger partial charge is 0.252 e. The van der Waals surface area contributed by atoms with Crippen molar-refractivity contribution in [1.29, 1.82) is 0 Å². The standard InChI is InChI=1S/C17H23NO4/c1-2-3-9-18(17(19)15-8-5-10-20-15)11-13-6-4-7-14-16(13)22-12-21-14/h4,6-7,15H,2-3,5,8-12H2,1H3/t15-/m1/s1. The minimum atomic E-state index is -0.272. The van der Waals surface area contributed by atoms with Gasteiger partial charge in [-0.15, -0.1) is 0 Å². The monoisotopic (exact) mass is 305 g/mol. The Hall–Kier alpha value is -1.75. The molecule has 0 spiro atoms. The van der Waals surface area contributed by atoms with Gasteiger partial charge < -0.3 is 19.1 Å². The molecule has 1 aromatic carbocycles. The molecule has 120 valence electrons. The third-order valence-electron chi connectivity index (χ3n) is 4.14. The zero-order chi connectivity index (χ0) is 15.4. The van der Waals surface area contributed by atoms with E-state index in [1.807, 2.05) is 23.1 Å². The van der Waals surface area contributed by atoms with E-state index in [4.69, 9.17) is 14.2 Å². The number of hydrogen-bond donors (Lipinski definition) is 0. The van der Waals surface area contributed by atoms with E-state index in [-0.39, 0.29) is 18.8 Å². The highest BCUT2D eigenvalue weighted by Gasteiger charge is 2.29. The Morgan fingerprint density at radius 1 is 1.36 bits per heavy atom. The molecule has 1 saturated heterocycles. The molecule has 1 amide bonds. The molecule has 0 aliphatic carbocycles. The fraction of sp³-hybridized carbons (Fsp3) is 0.588. The summed E-state index contributed by atoms with van der Waals surface area (Å²) in [5.41, 5.74) is 0.998. The number of benzene rings is 1. The Bertz CT molecular complexity index is 525. The maximum absolute atomic E-state index is 12.7. The van der Waals surface area contributed by atoms with E-state index in [9.17, 15) is 4.79 Å². The summed E-state index contributed by atoms with van der Waals surface area (Å²) in [4.78, 5) is 14.6. The molecule has 1 aromatic rings. The zero-order valence-electron chi connectivity index (χ0n) is 13.0. The molecule has 0 radical (unpaired) electrons. The van der Waals surface area contributed by atoms with E-state index in [0.717, 1.165) is 49.3 Å². The van der Waals surface area contributed by atoms with Crippen LogP contribution in [0.2, 0.25) is 0 Å². The van der Waals surface area contributed by atoms with Gasteiger partial charge in [-0.2, -0.15) is 0 Å². The lowest BCUT2D eigenvalue weighted by atomic mass is 10.1. The predicted octanol–water partition coefficient (Wildman–Crippen LogP) is 2.72. The number of carbonyl (C=O) groups is 1. The molecular weight excluding hydrogens is 282 g/mol. The van der Waals surface area contributed by atoms with E-state index >= 15 is 0 Å². The van der Waals surface area contributed by atoms with Gasteiger partial charge in [0.2, 0.25) is 6.79 Å². The van der Waals surface area contributed by atoms with Crippen molar-refractivity contribution in [3.05, 3.63) is 23.8 Å². The number of fused-ring (bicyclic) bond motifs is 1. The summed E-state index contributed by atoms with van der Waals surface area (Å²) < 4.78 is 16.5. The van der Waals surface area contributed by atoms with Gasteiger partial charge in [-0.1, -0.05) is 25.5 Å². The molecule has 5 nitrogen and oxygen atoms in total. The van der Waals surface area contributed by atoms with Gasteiger partial charge in [-0.05, 0) is 25.3 Å². The second-order valence-corrected chi connectivity index (χ2v) is 5.77. The van der Waals surface area contributed by atoms with Crippen molar-refractivity contribution in [3.8, 4) is 11.5 Å². The van der Waals surface area contributed by atoms with Crippen LogP contribution in [0.15, 0.2) is 18.2 Å². The molecule has 0 saturated carbocycles. The van der Waals surface area contributed by atoms with Gasteiger partial charge in [0.05, 0.1) is 0 Å². The highest BCUT2D eigenvalue weighted by atomic mass is 16.7. The van der Waals surface area contributed by atoms with Crippen molar-refractivity contribution in [3.63, 3.8) is 0 Å². The van der Waals surface area contributed by atoms with Crippen molar-refractivity contribution >= 4 is 5.91 Å². The summed E-state index contributed by atoms with van der Waals surface area (Å²) >= 11 is 0. The molecule has 5 heteroatoms. The van der Waals surface area contributed by atoms with Crippen LogP contribution in [0.3, 0.4) is 0 Å². The van der Waals surface area contributed by atoms with Gasteiger partial charge in [0.25, 0.3) is 5.91 Å². The SMILES string of the molecule is CCCCN(Cc1cccc2c1OCO2)C(=O)[C@H]1CCCO1. The molecule has 0 unspecified atom stereocenters. The molecule has 2 aliphatic heterocycles. The lowest BCUT2D eigenvalue weighted by molar-refractivity contribution is -0.141. The minimum Gasteiger partial charge on any atom is -0.454 e. The highest BCUT2D eigenvalue weighted by molar-refractivity contribution is 5.81. The molecule has 3 rings (SSSR count). The van der Waals surface area contributed by atoms with Gasteiger partial charge in [0, 0.05) is 25.3 Å². The maximum atomic E-state index is 12.7. The summed E-state index contributed by atoms with van der Waals surface area (Å²) in [5.74, 6) is 1.63. The first kappa shape index (κ1) is 15.2. The van der Waals surface area contributed by atoms with Crippen LogP contribution in [0, 0.1) is 0 Å². The molecule has 0 bridgehead atoms. The van der Waals surface area contributed by atoms with Crippen molar-refractivity contribution in [2.75, 3.05) is 19.9 Å². The van der Waals surface area contributed by atoms with Gasteiger partial charge in [-0.25, -0.2) is 0 Å². The van der Waals surface area contributed by atoms with Crippen molar-refractivity contribution < 1.29 is 19.0 Å². The Labute approximate surface area is 131 Å². The minimum absolute atomic E-state index is 0.0995. The van der Waals surface area contributed by atoms with Crippen LogP contribution in [-0.4, -0.2) is 36.9 Å². The van der Waals surface area contributed by atoms with Crippen LogP contribution in [0.1, 0.15) is 38.2 Å². The fourth-order valence-corrected chi connectivity index (χ4v) is 2.91. The summed E-state index contributed by atoms with van der Waals surface area (Å²) in [6, 6.07) is 5.83. The van der Waals surface area contributed by atoms with Crippen molar-refractivity contribution in [2.45, 2.75) is 45.3 Å². The Morgan fingerprint density at radius 2 is 2.27 bits per heavy atom. The number of nitrogens with zero attached hydrogens (tertiary/aromatic N) is 1. The topological polar surface area (TPSA) is 48.0 Å². The first-order valence-corrected chi connectivity index (χ1v) is 8.07. The van der Waals surface area contributed by atoms with Gasteiger partial charge in [0.1, 0.15) is 6.10 Å². The normalized spacial score (nSPS) is 19.4. The molecule has 22 heavy (non-hydrogen) atoms. The van der Waals surface area contributed by atoms with Crippen LogP contribution in [0.25, 0.3) is 0 Å². The van der Waals surface area contributed by atoms with Crippen LogP contribution in [-0.2, 0) is 16.1 Å². The Balaban J connectivity index is 1.75. The van der Waals surface area contributed by atoms with Crippen molar-refractivity contribution in [2.24, 2.45) is 0 Å². The number of para-hydroxylation sites is 1. The third-order valence-corrected chi connectivity index (χ3v) is 4.14. The second kappa shape index (κ2) is 7.01. The first-order chi connectivity index (χ1) is 10.8. The maximum Gasteiger partial charge on any atom is 0.252 e. The van der Waals surface area contributed by atoms with E-state index < -0.39 is 0 Å². The average Bonchev–Trinajstić information content (AvgIpc) is 3.21. The Kier molecular flexibility index (Phi) is 4.83. The zero-order valence-corrected chi connectivity index (χ0v) is 13.0. The lowest BCUT2D eigenvalue weighted by Crippen LogP contribution is -2.39. The molecule has 1 fully saturated rings. The van der Waals surface area contributed by atoms with Gasteiger partial charge in [0.15, 0.2) is 11.5 Å².